The van der Waals surface area contributed by atoms with Gasteiger partial charge >= 0.3 is 0 Å². The van der Waals surface area contributed by atoms with Gasteiger partial charge in [-0.15, -0.1) is 0 Å². The summed E-state index contributed by atoms with van der Waals surface area (Å²) < 4.78 is 0. The molecule has 0 aromatic heterocycles. The van der Waals surface area contributed by atoms with Crippen molar-refractivity contribution in [3.63, 3.8) is 0 Å². The predicted octanol–water partition coefficient (Wildman–Crippen LogP) is 0.275. The van der Waals surface area contributed by atoms with Crippen molar-refractivity contribution in [1.29, 1.82) is 0 Å². The smallest absolute Gasteiger partial charge is 0.255 e. The van der Waals surface area contributed by atoms with Crippen LogP contribution in [0.3, 0.4) is 0 Å². The topological polar surface area (TPSA) is 105 Å². The van der Waals surface area contributed by atoms with Crippen LogP contribution >= 0.6 is 0 Å². The normalized spacial score (nSPS) is 28.0. The highest BCUT2D eigenvalue weighted by Crippen LogP contribution is 2.29. The predicted molar refractivity (Wildman–Crippen MR) is 94.9 cm³/mol. The summed E-state index contributed by atoms with van der Waals surface area (Å²) in [6, 6.07) is 5.83. The van der Waals surface area contributed by atoms with E-state index in [1.807, 2.05) is 18.2 Å². The summed E-state index contributed by atoms with van der Waals surface area (Å²) >= 11 is 0. The number of nitrogens with one attached hydrogen (secondary N) is 2. The van der Waals surface area contributed by atoms with E-state index >= 15 is 0 Å². The quantitative estimate of drug-likeness (QED) is 0.657. The van der Waals surface area contributed by atoms with Crippen LogP contribution in [0.2, 0.25) is 0 Å². The molecule has 7 nitrogen and oxygen atoms in total. The molecule has 1 unspecified atom stereocenters. The van der Waals surface area contributed by atoms with Crippen molar-refractivity contribution < 1.29 is 14.4 Å². The zero-order valence-corrected chi connectivity index (χ0v) is 14.7. The fraction of sp³-hybridized carbons (Fsp3) is 0.526. The first-order valence-electron chi connectivity index (χ1n) is 9.26. The molecule has 2 aliphatic heterocycles. The lowest BCUT2D eigenvalue weighted by Gasteiger charge is -2.36. The van der Waals surface area contributed by atoms with E-state index < -0.39 is 6.04 Å². The number of piperidine rings is 1. The molecule has 1 aliphatic carbocycles. The lowest BCUT2D eigenvalue weighted by Crippen LogP contribution is -2.52. The van der Waals surface area contributed by atoms with E-state index in [-0.39, 0.29) is 24.1 Å². The van der Waals surface area contributed by atoms with Gasteiger partial charge in [0.1, 0.15) is 6.04 Å². The molecule has 0 bridgehead atoms. The molecule has 138 valence electrons. The van der Waals surface area contributed by atoms with Crippen molar-refractivity contribution in [2.45, 2.75) is 50.9 Å². The molecule has 0 spiro atoms. The Hall–Kier alpha value is -2.25. The Balaban J connectivity index is 1.43. The SMILES string of the molecule is NC[C@@H]1CC[C@@H]1NCc1ccc2c(c1)C(=O)N(C1CCC(=O)NC1=O)C2. The largest absolute Gasteiger partial charge is 0.330 e. The van der Waals surface area contributed by atoms with E-state index in [2.05, 4.69) is 10.6 Å². The van der Waals surface area contributed by atoms with Gasteiger partial charge in [-0.25, -0.2) is 0 Å². The molecule has 1 saturated heterocycles. The fourth-order valence-corrected chi connectivity index (χ4v) is 4.08. The summed E-state index contributed by atoms with van der Waals surface area (Å²) in [6.45, 7) is 1.84. The van der Waals surface area contributed by atoms with Gasteiger partial charge in [-0.3, -0.25) is 19.7 Å². The molecule has 2 heterocycles. The highest BCUT2D eigenvalue weighted by atomic mass is 16.2. The maximum atomic E-state index is 12.8. The maximum absolute atomic E-state index is 12.8. The second-order valence-corrected chi connectivity index (χ2v) is 7.45. The van der Waals surface area contributed by atoms with Crippen LogP contribution < -0.4 is 16.4 Å². The van der Waals surface area contributed by atoms with Crippen LogP contribution in [0.1, 0.15) is 47.2 Å². The summed E-state index contributed by atoms with van der Waals surface area (Å²) in [4.78, 5) is 37.8. The summed E-state index contributed by atoms with van der Waals surface area (Å²) in [5, 5.41) is 5.85. The van der Waals surface area contributed by atoms with Crippen molar-refractivity contribution in [3.8, 4) is 0 Å². The van der Waals surface area contributed by atoms with E-state index in [0.29, 0.717) is 43.6 Å². The molecule has 1 aromatic carbocycles. The molecule has 4 rings (SSSR count). The zero-order chi connectivity index (χ0) is 18.3. The third-order valence-corrected chi connectivity index (χ3v) is 5.88. The van der Waals surface area contributed by atoms with Crippen molar-refractivity contribution in [1.82, 2.24) is 15.5 Å². The third kappa shape index (κ3) is 3.01. The van der Waals surface area contributed by atoms with Gasteiger partial charge in [0, 0.05) is 31.1 Å². The number of nitrogens with two attached hydrogens (primary N) is 1. The first kappa shape index (κ1) is 17.2. The number of hydrogen-bond acceptors (Lipinski definition) is 5. The van der Waals surface area contributed by atoms with Gasteiger partial charge in [0.05, 0.1) is 0 Å². The van der Waals surface area contributed by atoms with Crippen LogP contribution in [0.15, 0.2) is 18.2 Å². The van der Waals surface area contributed by atoms with Gasteiger partial charge in [-0.2, -0.15) is 0 Å². The minimum absolute atomic E-state index is 0.125. The molecule has 3 amide bonds. The number of hydrogen-bond donors (Lipinski definition) is 3. The second kappa shape index (κ2) is 6.81. The summed E-state index contributed by atoms with van der Waals surface area (Å²) in [5.41, 5.74) is 8.41. The molecule has 7 heteroatoms. The Morgan fingerprint density at radius 3 is 2.73 bits per heavy atom. The van der Waals surface area contributed by atoms with E-state index in [0.717, 1.165) is 17.5 Å². The van der Waals surface area contributed by atoms with E-state index in [1.54, 1.807) is 4.90 Å². The maximum Gasteiger partial charge on any atom is 0.255 e. The lowest BCUT2D eigenvalue weighted by atomic mass is 9.79. The Labute approximate surface area is 152 Å². The third-order valence-electron chi connectivity index (χ3n) is 5.88. The Morgan fingerprint density at radius 2 is 2.04 bits per heavy atom. The molecular formula is C19H24N4O3. The van der Waals surface area contributed by atoms with E-state index in [4.69, 9.17) is 5.73 Å². The number of benzene rings is 1. The number of amides is 3. The highest BCUT2D eigenvalue weighted by Gasteiger charge is 2.39. The molecule has 1 aromatic rings. The van der Waals surface area contributed by atoms with Crippen LogP contribution in [-0.2, 0) is 22.7 Å². The van der Waals surface area contributed by atoms with Gasteiger partial charge in [0.25, 0.3) is 5.91 Å². The summed E-state index contributed by atoms with van der Waals surface area (Å²) in [6.07, 6.45) is 2.99. The molecule has 0 radical (unpaired) electrons. The Morgan fingerprint density at radius 1 is 1.19 bits per heavy atom. The summed E-state index contributed by atoms with van der Waals surface area (Å²) in [7, 11) is 0. The molecule has 3 atom stereocenters. The average Bonchev–Trinajstić information content (AvgIpc) is 2.91. The molecule has 1 saturated carbocycles. The van der Waals surface area contributed by atoms with Crippen molar-refractivity contribution in [2.24, 2.45) is 11.7 Å². The van der Waals surface area contributed by atoms with Gasteiger partial charge in [-0.05, 0) is 48.9 Å². The number of fused-ring (bicyclic) bond motifs is 1. The molecule has 26 heavy (non-hydrogen) atoms. The minimum atomic E-state index is -0.561. The van der Waals surface area contributed by atoms with Crippen LogP contribution in [0, 0.1) is 5.92 Å². The Kier molecular flexibility index (Phi) is 4.50. The monoisotopic (exact) mass is 356 g/mol. The minimum Gasteiger partial charge on any atom is -0.330 e. The Bertz CT molecular complexity index is 761. The van der Waals surface area contributed by atoms with E-state index in [9.17, 15) is 14.4 Å². The summed E-state index contributed by atoms with van der Waals surface area (Å²) in [5.74, 6) is -0.216. The van der Waals surface area contributed by atoms with Gasteiger partial charge in [0.15, 0.2) is 0 Å². The van der Waals surface area contributed by atoms with Crippen LogP contribution in [0.5, 0.6) is 0 Å². The number of carbonyl (C=O) groups excluding carboxylic acids is 3. The molecule has 3 aliphatic rings. The lowest BCUT2D eigenvalue weighted by molar-refractivity contribution is -0.136. The number of rotatable bonds is 5. The number of nitrogens with zero attached hydrogens (tertiary/aromatic N) is 1. The van der Waals surface area contributed by atoms with Crippen molar-refractivity contribution >= 4 is 17.7 Å². The van der Waals surface area contributed by atoms with Gasteiger partial charge in [-0.1, -0.05) is 12.1 Å². The van der Waals surface area contributed by atoms with Crippen LogP contribution in [0.4, 0.5) is 0 Å². The van der Waals surface area contributed by atoms with Crippen molar-refractivity contribution in [3.05, 3.63) is 34.9 Å². The fourth-order valence-electron chi connectivity index (χ4n) is 4.08. The first-order chi connectivity index (χ1) is 12.6. The van der Waals surface area contributed by atoms with Gasteiger partial charge in [0.2, 0.25) is 11.8 Å². The second-order valence-electron chi connectivity index (χ2n) is 7.45. The van der Waals surface area contributed by atoms with Gasteiger partial charge < -0.3 is 16.0 Å². The number of imide groups is 1. The van der Waals surface area contributed by atoms with Crippen LogP contribution in [-0.4, -0.2) is 41.2 Å². The number of carbonyl (C=O) groups is 3. The average molecular weight is 356 g/mol. The zero-order valence-electron chi connectivity index (χ0n) is 14.7. The van der Waals surface area contributed by atoms with E-state index in [1.165, 1.54) is 6.42 Å². The standard InChI is InChI=1S/C19H24N4O3/c20-8-12-3-4-15(12)21-9-11-1-2-13-10-23(19(26)14(13)7-11)16-5-6-17(24)22-18(16)25/h1-2,7,12,15-16,21H,3-6,8-10,20H2,(H,22,24,25)/t12-,15-,16?/m0/s1. The first-order valence-corrected chi connectivity index (χ1v) is 9.26. The van der Waals surface area contributed by atoms with Crippen LogP contribution in [0.25, 0.3) is 0 Å². The molecule has 4 N–H and O–H groups in total. The molecular weight excluding hydrogens is 332 g/mol. The molecule has 2 fully saturated rings. The highest BCUT2D eigenvalue weighted by molar-refractivity contribution is 6.05. The van der Waals surface area contributed by atoms with Crippen molar-refractivity contribution in [2.75, 3.05) is 6.54 Å².